The number of unbranched alkanes of at least 4 members (excludes halogenated alkanes) is 16. The number of hydrogen-bond donors (Lipinski definition) is 1. The molecule has 2 atom stereocenters. The summed E-state index contributed by atoms with van der Waals surface area (Å²) in [6.45, 7) is 5.24. The number of carboxylic acids is 1. The third-order valence-electron chi connectivity index (χ3n) is 7.33. The normalized spacial score (nSPS) is 13.4. The predicted molar refractivity (Wildman–Crippen MR) is 157 cm³/mol. The van der Waals surface area contributed by atoms with Crippen molar-refractivity contribution in [1.29, 1.82) is 0 Å². The first kappa shape index (κ1) is 35.9. The largest absolute Gasteiger partial charge is 0.481 e. The van der Waals surface area contributed by atoms with Gasteiger partial charge in [0.2, 0.25) is 0 Å². The summed E-state index contributed by atoms with van der Waals surface area (Å²) < 4.78 is 6.03. The molecule has 0 amide bonds. The van der Waals surface area contributed by atoms with Gasteiger partial charge in [0.25, 0.3) is 0 Å². The van der Waals surface area contributed by atoms with Crippen LogP contribution in [0.4, 0.5) is 0 Å². The molecule has 37 heavy (non-hydrogen) atoms. The molecule has 0 rings (SSSR count). The van der Waals surface area contributed by atoms with Gasteiger partial charge in [-0.15, -0.1) is 0 Å². The molecule has 0 heterocycles. The van der Waals surface area contributed by atoms with Gasteiger partial charge in [0.1, 0.15) is 6.54 Å². The van der Waals surface area contributed by atoms with E-state index >= 15 is 0 Å². The van der Waals surface area contributed by atoms with Crippen LogP contribution < -0.4 is 0 Å². The minimum Gasteiger partial charge on any atom is -0.481 e. The van der Waals surface area contributed by atoms with E-state index in [0.717, 1.165) is 18.8 Å². The van der Waals surface area contributed by atoms with E-state index in [0.29, 0.717) is 17.4 Å². The molecule has 1 N–H and O–H groups in total. The fourth-order valence-electron chi connectivity index (χ4n) is 5.14. The van der Waals surface area contributed by atoms with Crippen molar-refractivity contribution in [2.45, 2.75) is 161 Å². The lowest BCUT2D eigenvalue weighted by atomic mass is 9.95. The van der Waals surface area contributed by atoms with Gasteiger partial charge in [0, 0.05) is 6.42 Å². The average Bonchev–Trinajstić information content (AvgIpc) is 2.79. The van der Waals surface area contributed by atoms with E-state index in [1.54, 1.807) is 0 Å². The number of esters is 1. The molecule has 0 aromatic carbocycles. The fraction of sp³-hybridized carbons (Fsp3) is 0.938. The molecule has 0 saturated heterocycles. The molecule has 5 nitrogen and oxygen atoms in total. The number of carbonyl (C=O) groups excluding carboxylic acids is 1. The predicted octanol–water partition coefficient (Wildman–Crippen LogP) is 8.93. The van der Waals surface area contributed by atoms with Gasteiger partial charge in [-0.2, -0.15) is 0 Å². The van der Waals surface area contributed by atoms with Crippen LogP contribution in [0.2, 0.25) is 0 Å². The second-order valence-corrected chi connectivity index (χ2v) is 12.6. The monoisotopic (exact) mass is 526 g/mol. The standard InChI is InChI=1S/C32H63NO4/c1-6-7-8-9-10-15-18-21-24-29(2)25-22-19-16-13-11-12-14-17-20-23-26-32(36)37-30(27-31(34)35)28-33(3,4)5/h29-30H,6-28H2,1-5H3/p+1. The number of aliphatic carboxylic acids is 1. The Labute approximate surface area is 230 Å². The lowest BCUT2D eigenvalue weighted by molar-refractivity contribution is -0.873. The summed E-state index contributed by atoms with van der Waals surface area (Å²) in [4.78, 5) is 23.2. The molecule has 0 radical (unpaired) electrons. The van der Waals surface area contributed by atoms with Gasteiger partial charge in [-0.25, -0.2) is 0 Å². The number of ether oxygens (including phenoxy) is 1. The zero-order valence-electron chi connectivity index (χ0n) is 25.5. The smallest absolute Gasteiger partial charge is 0.307 e. The topological polar surface area (TPSA) is 63.6 Å². The van der Waals surface area contributed by atoms with Crippen molar-refractivity contribution in [3.8, 4) is 0 Å². The summed E-state index contributed by atoms with van der Waals surface area (Å²) in [7, 11) is 5.92. The van der Waals surface area contributed by atoms with Crippen LogP contribution in [0.25, 0.3) is 0 Å². The van der Waals surface area contributed by atoms with Crippen LogP contribution in [0, 0.1) is 5.92 Å². The maximum absolute atomic E-state index is 12.1. The molecule has 0 aromatic rings. The van der Waals surface area contributed by atoms with Crippen LogP contribution in [-0.4, -0.2) is 55.3 Å². The van der Waals surface area contributed by atoms with Crippen LogP contribution in [0.3, 0.4) is 0 Å². The molecule has 0 fully saturated rings. The number of rotatable bonds is 27. The Morgan fingerprint density at radius 2 is 1.08 bits per heavy atom. The molecule has 0 bridgehead atoms. The molecular weight excluding hydrogens is 462 g/mol. The van der Waals surface area contributed by atoms with Crippen LogP contribution in [-0.2, 0) is 14.3 Å². The van der Waals surface area contributed by atoms with Crippen molar-refractivity contribution in [3.05, 3.63) is 0 Å². The minimum atomic E-state index is -0.921. The summed E-state index contributed by atoms with van der Waals surface area (Å²) in [6, 6.07) is 0. The first-order chi connectivity index (χ1) is 17.6. The number of likely N-dealkylation sites (N-methyl/N-ethyl adjacent to an activating group) is 1. The second-order valence-electron chi connectivity index (χ2n) is 12.6. The molecule has 0 aliphatic carbocycles. The van der Waals surface area contributed by atoms with E-state index in [9.17, 15) is 9.59 Å². The minimum absolute atomic E-state index is 0.125. The highest BCUT2D eigenvalue weighted by Gasteiger charge is 2.24. The van der Waals surface area contributed by atoms with Crippen molar-refractivity contribution in [2.24, 2.45) is 5.92 Å². The molecule has 5 heteroatoms. The van der Waals surface area contributed by atoms with Crippen LogP contribution in [0.1, 0.15) is 155 Å². The summed E-state index contributed by atoms with van der Waals surface area (Å²) >= 11 is 0. The third-order valence-corrected chi connectivity index (χ3v) is 7.33. The fourth-order valence-corrected chi connectivity index (χ4v) is 5.14. The lowest BCUT2D eigenvalue weighted by Crippen LogP contribution is -2.43. The molecule has 0 saturated carbocycles. The summed E-state index contributed by atoms with van der Waals surface area (Å²) in [5.74, 6) is -0.278. The van der Waals surface area contributed by atoms with Crippen molar-refractivity contribution < 1.29 is 23.9 Å². The van der Waals surface area contributed by atoms with E-state index in [4.69, 9.17) is 9.84 Å². The number of hydrogen-bond acceptors (Lipinski definition) is 3. The Morgan fingerprint density at radius 1 is 0.676 bits per heavy atom. The second kappa shape index (κ2) is 24.0. The molecular formula is C32H64NO4+. The molecule has 0 aliphatic rings. The van der Waals surface area contributed by atoms with Gasteiger partial charge < -0.3 is 14.3 Å². The molecule has 0 spiro atoms. The highest BCUT2D eigenvalue weighted by atomic mass is 16.5. The van der Waals surface area contributed by atoms with Gasteiger partial charge in [-0.05, 0) is 12.3 Å². The Balaban J connectivity index is 3.51. The summed E-state index contributed by atoms with van der Waals surface area (Å²) in [5.41, 5.74) is 0. The SMILES string of the molecule is CCCCCCCCCCC(C)CCCCCCCCCCCCC(=O)OC(CC(=O)O)C[N+](C)(C)C. The number of carboxylic acid groups (broad SMARTS) is 1. The Hall–Kier alpha value is -1.10. The zero-order chi connectivity index (χ0) is 27.8. The van der Waals surface area contributed by atoms with E-state index in [1.165, 1.54) is 116 Å². The average molecular weight is 527 g/mol. The number of nitrogens with zero attached hydrogens (tertiary/aromatic N) is 1. The Morgan fingerprint density at radius 3 is 1.49 bits per heavy atom. The van der Waals surface area contributed by atoms with Crippen LogP contribution >= 0.6 is 0 Å². The van der Waals surface area contributed by atoms with Crippen molar-refractivity contribution in [1.82, 2.24) is 0 Å². The van der Waals surface area contributed by atoms with Crippen molar-refractivity contribution in [3.63, 3.8) is 0 Å². The molecule has 0 aromatic heterocycles. The highest BCUT2D eigenvalue weighted by molar-refractivity contribution is 5.71. The van der Waals surface area contributed by atoms with E-state index in [1.807, 2.05) is 21.1 Å². The number of carbonyl (C=O) groups is 2. The van der Waals surface area contributed by atoms with Gasteiger partial charge in [0.05, 0.1) is 27.6 Å². The highest BCUT2D eigenvalue weighted by Crippen LogP contribution is 2.19. The van der Waals surface area contributed by atoms with Gasteiger partial charge in [-0.3, -0.25) is 9.59 Å². The summed E-state index contributed by atoms with van der Waals surface area (Å²) in [6.07, 6.45) is 26.4. The van der Waals surface area contributed by atoms with Crippen LogP contribution in [0.15, 0.2) is 0 Å². The Kier molecular flexibility index (Phi) is 23.3. The first-order valence-corrected chi connectivity index (χ1v) is 15.9. The molecule has 2 unspecified atom stereocenters. The van der Waals surface area contributed by atoms with Crippen molar-refractivity contribution in [2.75, 3.05) is 27.7 Å². The lowest BCUT2D eigenvalue weighted by Gasteiger charge is -2.28. The summed E-state index contributed by atoms with van der Waals surface area (Å²) in [5, 5.41) is 9.06. The maximum atomic E-state index is 12.1. The molecule has 220 valence electrons. The maximum Gasteiger partial charge on any atom is 0.307 e. The molecule has 0 aliphatic heterocycles. The first-order valence-electron chi connectivity index (χ1n) is 15.9. The third kappa shape index (κ3) is 27.7. The van der Waals surface area contributed by atoms with E-state index in [-0.39, 0.29) is 12.4 Å². The quantitative estimate of drug-likeness (QED) is 0.0659. The zero-order valence-corrected chi connectivity index (χ0v) is 25.5. The van der Waals surface area contributed by atoms with Gasteiger partial charge in [0.15, 0.2) is 6.10 Å². The van der Waals surface area contributed by atoms with Gasteiger partial charge in [-0.1, -0.05) is 136 Å². The van der Waals surface area contributed by atoms with Crippen LogP contribution in [0.5, 0.6) is 0 Å². The number of quaternary nitrogens is 1. The van der Waals surface area contributed by atoms with Gasteiger partial charge >= 0.3 is 11.9 Å². The Bertz CT molecular complexity index is 543. The van der Waals surface area contributed by atoms with E-state index in [2.05, 4.69) is 13.8 Å². The van der Waals surface area contributed by atoms with E-state index < -0.39 is 12.1 Å². The van der Waals surface area contributed by atoms with Crippen molar-refractivity contribution >= 4 is 11.9 Å².